The molecule has 0 amide bonds. The predicted molar refractivity (Wildman–Crippen MR) is 33.8 cm³/mol. The van der Waals surface area contributed by atoms with Gasteiger partial charge < -0.3 is 0 Å². The van der Waals surface area contributed by atoms with Gasteiger partial charge in [-0.05, 0) is 6.42 Å². The second kappa shape index (κ2) is 5.90. The van der Waals surface area contributed by atoms with Crippen molar-refractivity contribution >= 4 is 6.21 Å². The summed E-state index contributed by atoms with van der Waals surface area (Å²) in [4.78, 5) is 3.72. The van der Waals surface area contributed by atoms with E-state index in [1.165, 1.54) is 6.21 Å². The molecule has 0 aliphatic carbocycles. The highest BCUT2D eigenvalue weighted by Crippen LogP contribution is 1.77. The zero-order chi connectivity index (χ0) is 6.24. The van der Waals surface area contributed by atoms with Crippen molar-refractivity contribution in [3.8, 4) is 6.07 Å². The monoisotopic (exact) mass is 108 g/mol. The molecule has 0 atom stereocenters. The minimum Gasteiger partial charge on any atom is -0.282 e. The molecule has 0 spiro atoms. The molecule has 0 aliphatic rings. The Labute approximate surface area is 49.2 Å². The fraction of sp³-hybridized carbons (Fsp3) is 0.333. The van der Waals surface area contributed by atoms with Crippen LogP contribution in [-0.4, -0.2) is 12.8 Å². The Hall–Kier alpha value is -1.10. The molecule has 0 aromatic carbocycles. The highest BCUT2D eigenvalue weighted by molar-refractivity contribution is 5.74. The number of rotatable bonds is 3. The van der Waals surface area contributed by atoms with Gasteiger partial charge in [0, 0.05) is 6.54 Å². The van der Waals surface area contributed by atoms with E-state index in [2.05, 4.69) is 11.6 Å². The van der Waals surface area contributed by atoms with Crippen LogP contribution in [0.15, 0.2) is 17.6 Å². The van der Waals surface area contributed by atoms with E-state index in [0.29, 0.717) is 6.54 Å². The van der Waals surface area contributed by atoms with Crippen LogP contribution in [0.2, 0.25) is 0 Å². The normalized spacial score (nSPS) is 8.88. The summed E-state index contributed by atoms with van der Waals surface area (Å²) in [6.07, 6.45) is 3.86. The van der Waals surface area contributed by atoms with Crippen LogP contribution in [0.1, 0.15) is 6.42 Å². The lowest BCUT2D eigenvalue weighted by Gasteiger charge is -1.79. The molecule has 0 unspecified atom stereocenters. The highest BCUT2D eigenvalue weighted by atomic mass is 14.7. The SMILES string of the molecule is C=CCCN=CC#N. The van der Waals surface area contributed by atoms with Crippen molar-refractivity contribution < 1.29 is 0 Å². The second-order valence-electron chi connectivity index (χ2n) is 1.24. The van der Waals surface area contributed by atoms with E-state index in [1.807, 2.05) is 0 Å². The van der Waals surface area contributed by atoms with E-state index >= 15 is 0 Å². The van der Waals surface area contributed by atoms with Gasteiger partial charge in [0.25, 0.3) is 0 Å². The van der Waals surface area contributed by atoms with Crippen LogP contribution in [0, 0.1) is 11.3 Å². The van der Waals surface area contributed by atoms with Gasteiger partial charge in [-0.25, -0.2) is 0 Å². The van der Waals surface area contributed by atoms with Gasteiger partial charge in [-0.2, -0.15) is 5.26 Å². The fourth-order valence-electron chi connectivity index (χ4n) is 0.271. The fourth-order valence-corrected chi connectivity index (χ4v) is 0.271. The van der Waals surface area contributed by atoms with E-state index in [4.69, 9.17) is 5.26 Å². The van der Waals surface area contributed by atoms with Gasteiger partial charge in [-0.15, -0.1) is 6.58 Å². The third-order valence-electron chi connectivity index (χ3n) is 0.611. The molecule has 0 N–H and O–H groups in total. The van der Waals surface area contributed by atoms with Gasteiger partial charge in [-0.3, -0.25) is 4.99 Å². The zero-order valence-electron chi connectivity index (χ0n) is 4.67. The number of hydrogen-bond acceptors (Lipinski definition) is 2. The van der Waals surface area contributed by atoms with Crippen molar-refractivity contribution in [2.45, 2.75) is 6.42 Å². The van der Waals surface area contributed by atoms with Crippen LogP contribution < -0.4 is 0 Å². The maximum Gasteiger partial charge on any atom is 0.111 e. The molecule has 42 valence electrons. The molecule has 8 heavy (non-hydrogen) atoms. The Morgan fingerprint density at radius 1 is 1.75 bits per heavy atom. The second-order valence-corrected chi connectivity index (χ2v) is 1.24. The first kappa shape index (κ1) is 6.90. The van der Waals surface area contributed by atoms with Crippen molar-refractivity contribution in [3.05, 3.63) is 12.7 Å². The van der Waals surface area contributed by atoms with E-state index in [-0.39, 0.29) is 0 Å². The van der Waals surface area contributed by atoms with Crippen molar-refractivity contribution in [1.29, 1.82) is 5.26 Å². The predicted octanol–water partition coefficient (Wildman–Crippen LogP) is 1.16. The van der Waals surface area contributed by atoms with E-state index in [1.54, 1.807) is 12.1 Å². The molecule has 0 saturated heterocycles. The minimum atomic E-state index is 0.678. The lowest BCUT2D eigenvalue weighted by molar-refractivity contribution is 1.02. The van der Waals surface area contributed by atoms with E-state index in [9.17, 15) is 0 Å². The summed E-state index contributed by atoms with van der Waals surface area (Å²) in [5, 5.41) is 7.94. The van der Waals surface area contributed by atoms with Crippen LogP contribution in [0.3, 0.4) is 0 Å². The van der Waals surface area contributed by atoms with Crippen LogP contribution in [-0.2, 0) is 0 Å². The number of nitriles is 1. The molecule has 0 saturated carbocycles. The standard InChI is InChI=1S/C6H8N2/c1-2-3-5-8-6-4-7/h2,6H,1,3,5H2. The minimum absolute atomic E-state index is 0.678. The van der Waals surface area contributed by atoms with Crippen molar-refractivity contribution in [2.75, 3.05) is 6.54 Å². The average molecular weight is 108 g/mol. The number of hydrogen-bond donors (Lipinski definition) is 0. The molecule has 2 nitrogen and oxygen atoms in total. The Kier molecular flexibility index (Phi) is 5.09. The van der Waals surface area contributed by atoms with Crippen LogP contribution >= 0.6 is 0 Å². The molecular formula is C6H8N2. The molecule has 0 fully saturated rings. The highest BCUT2D eigenvalue weighted by Gasteiger charge is 1.70. The summed E-state index contributed by atoms with van der Waals surface area (Å²) in [5.41, 5.74) is 0. The lowest BCUT2D eigenvalue weighted by Crippen LogP contribution is -1.74. The van der Waals surface area contributed by atoms with Crippen LogP contribution in [0.5, 0.6) is 0 Å². The van der Waals surface area contributed by atoms with Crippen LogP contribution in [0.4, 0.5) is 0 Å². The zero-order valence-corrected chi connectivity index (χ0v) is 4.67. The molecule has 0 rings (SSSR count). The third kappa shape index (κ3) is 4.90. The quantitative estimate of drug-likeness (QED) is 0.303. The molecule has 0 aliphatic heterocycles. The first-order valence-electron chi connectivity index (χ1n) is 2.40. The Bertz CT molecular complexity index is 119. The molecular weight excluding hydrogens is 100 g/mol. The molecule has 0 bridgehead atoms. The Balaban J connectivity index is 3.06. The molecule has 0 aromatic rings. The van der Waals surface area contributed by atoms with E-state index in [0.717, 1.165) is 6.42 Å². The first-order valence-corrected chi connectivity index (χ1v) is 2.40. The maximum atomic E-state index is 7.94. The van der Waals surface area contributed by atoms with Gasteiger partial charge in [0.05, 0.1) is 6.21 Å². The van der Waals surface area contributed by atoms with Gasteiger partial charge in [0.15, 0.2) is 0 Å². The summed E-state index contributed by atoms with van der Waals surface area (Å²) in [6.45, 7) is 4.18. The summed E-state index contributed by atoms with van der Waals surface area (Å²) >= 11 is 0. The van der Waals surface area contributed by atoms with Gasteiger partial charge in [-0.1, -0.05) is 6.08 Å². The first-order chi connectivity index (χ1) is 3.91. The van der Waals surface area contributed by atoms with Gasteiger partial charge in [0.1, 0.15) is 6.07 Å². The van der Waals surface area contributed by atoms with Gasteiger partial charge >= 0.3 is 0 Å². The summed E-state index contributed by atoms with van der Waals surface area (Å²) in [7, 11) is 0. The Morgan fingerprint density at radius 3 is 3.00 bits per heavy atom. The summed E-state index contributed by atoms with van der Waals surface area (Å²) in [5.74, 6) is 0. The van der Waals surface area contributed by atoms with Crippen LogP contribution in [0.25, 0.3) is 0 Å². The molecule has 0 radical (unpaired) electrons. The molecule has 2 heteroatoms. The van der Waals surface area contributed by atoms with Crippen molar-refractivity contribution in [3.63, 3.8) is 0 Å². The molecule has 0 heterocycles. The lowest BCUT2D eigenvalue weighted by atomic mass is 10.4. The average Bonchev–Trinajstić information content (AvgIpc) is 1.81. The number of aliphatic imine (C=N–C) groups is 1. The van der Waals surface area contributed by atoms with E-state index < -0.39 is 0 Å². The molecule has 0 aromatic heterocycles. The number of nitrogens with zero attached hydrogens (tertiary/aromatic N) is 2. The van der Waals surface area contributed by atoms with Gasteiger partial charge in [0.2, 0.25) is 0 Å². The maximum absolute atomic E-state index is 7.94. The smallest absolute Gasteiger partial charge is 0.111 e. The Morgan fingerprint density at radius 2 is 2.50 bits per heavy atom. The summed E-state index contributed by atoms with van der Waals surface area (Å²) < 4.78 is 0. The topological polar surface area (TPSA) is 36.1 Å². The van der Waals surface area contributed by atoms with Crippen molar-refractivity contribution in [2.24, 2.45) is 4.99 Å². The summed E-state index contributed by atoms with van der Waals surface area (Å²) in [6, 6.07) is 1.80. The largest absolute Gasteiger partial charge is 0.282 e. The third-order valence-corrected chi connectivity index (χ3v) is 0.611. The van der Waals surface area contributed by atoms with Crippen molar-refractivity contribution in [1.82, 2.24) is 0 Å².